The molecular weight excluding hydrogens is 448 g/mol. The Labute approximate surface area is 174 Å². The van der Waals surface area contributed by atoms with Crippen molar-refractivity contribution in [3.05, 3.63) is 56.6 Å². The second-order valence-electron chi connectivity index (χ2n) is 6.38. The maximum absolute atomic E-state index is 12.6. The monoisotopic (exact) mass is 462 g/mol. The number of carbonyl (C=O) groups excluding carboxylic acids is 3. The Bertz CT molecular complexity index is 1180. The molecule has 2 amide bonds. The molecule has 2 heterocycles. The van der Waals surface area contributed by atoms with Gasteiger partial charge in [0.15, 0.2) is 6.29 Å². The standard InChI is InChI=1S/C20H14BrClN2O4.H2/c21-18-14(9-26)24(6-3-7-25)13-8-11(10-4-1-2-5-12(10)22)15-17(16(13)18)20(28)23-19(15)27;/h1-2,4-5,8-9,25H,3,6-7H2,(H,23,27,28);1H. The number of aliphatic hydroxyl groups excluding tert-OH is 1. The summed E-state index contributed by atoms with van der Waals surface area (Å²) in [6.07, 6.45) is 1.12. The molecule has 2 N–H and O–H groups in total. The van der Waals surface area contributed by atoms with Crippen LogP contribution in [0.4, 0.5) is 0 Å². The zero-order valence-corrected chi connectivity index (χ0v) is 16.8. The highest BCUT2D eigenvalue weighted by atomic mass is 79.9. The molecule has 0 aliphatic carbocycles. The number of hydrogen-bond donors (Lipinski definition) is 2. The Hall–Kier alpha value is -2.48. The summed E-state index contributed by atoms with van der Waals surface area (Å²) >= 11 is 9.78. The number of aryl methyl sites for hydroxylation is 1. The highest BCUT2D eigenvalue weighted by molar-refractivity contribution is 9.10. The second kappa shape index (κ2) is 7.16. The number of aldehydes is 1. The number of halogens is 2. The summed E-state index contributed by atoms with van der Waals surface area (Å²) in [5.74, 6) is -1.02. The van der Waals surface area contributed by atoms with Crippen molar-refractivity contribution in [1.82, 2.24) is 9.88 Å². The topological polar surface area (TPSA) is 88.4 Å². The largest absolute Gasteiger partial charge is 0.396 e. The van der Waals surface area contributed by atoms with Crippen LogP contribution >= 0.6 is 27.5 Å². The van der Waals surface area contributed by atoms with Crippen molar-refractivity contribution in [2.24, 2.45) is 0 Å². The third-order valence-corrected chi connectivity index (χ3v) is 5.96. The number of nitrogens with one attached hydrogen (secondary N) is 1. The molecule has 0 spiro atoms. The smallest absolute Gasteiger partial charge is 0.259 e. The highest BCUT2D eigenvalue weighted by Gasteiger charge is 2.35. The lowest BCUT2D eigenvalue weighted by atomic mass is 9.94. The first-order valence-electron chi connectivity index (χ1n) is 8.54. The van der Waals surface area contributed by atoms with E-state index in [2.05, 4.69) is 21.2 Å². The van der Waals surface area contributed by atoms with Crippen LogP contribution in [-0.4, -0.2) is 34.4 Å². The van der Waals surface area contributed by atoms with Crippen molar-refractivity contribution in [2.75, 3.05) is 6.61 Å². The van der Waals surface area contributed by atoms with Gasteiger partial charge in [-0.1, -0.05) is 29.8 Å². The van der Waals surface area contributed by atoms with Crippen LogP contribution in [0.5, 0.6) is 0 Å². The summed E-state index contributed by atoms with van der Waals surface area (Å²) in [5.41, 5.74) is 2.54. The molecule has 28 heavy (non-hydrogen) atoms. The maximum Gasteiger partial charge on any atom is 0.259 e. The molecule has 4 rings (SSSR count). The highest BCUT2D eigenvalue weighted by Crippen LogP contribution is 2.42. The van der Waals surface area contributed by atoms with Crippen LogP contribution in [0.3, 0.4) is 0 Å². The third kappa shape index (κ3) is 2.70. The number of fused-ring (bicyclic) bond motifs is 3. The lowest BCUT2D eigenvalue weighted by Crippen LogP contribution is -2.20. The van der Waals surface area contributed by atoms with Crippen LogP contribution in [0, 0.1) is 0 Å². The minimum atomic E-state index is -0.517. The fourth-order valence-electron chi connectivity index (χ4n) is 3.65. The Balaban J connectivity index is 0.00000240. The Morgan fingerprint density at radius 2 is 1.89 bits per heavy atom. The van der Waals surface area contributed by atoms with Crippen molar-refractivity contribution in [2.45, 2.75) is 13.0 Å². The van der Waals surface area contributed by atoms with E-state index in [1.54, 1.807) is 34.9 Å². The Kier molecular flexibility index (Phi) is 4.82. The summed E-state index contributed by atoms with van der Waals surface area (Å²) in [7, 11) is 0. The van der Waals surface area contributed by atoms with Crippen molar-refractivity contribution in [1.29, 1.82) is 0 Å². The summed E-state index contributed by atoms with van der Waals surface area (Å²) in [5, 5.41) is 12.5. The van der Waals surface area contributed by atoms with E-state index in [0.29, 0.717) is 56.5 Å². The Morgan fingerprint density at radius 1 is 1.18 bits per heavy atom. The molecule has 0 saturated heterocycles. The van der Waals surface area contributed by atoms with E-state index in [1.807, 2.05) is 0 Å². The van der Waals surface area contributed by atoms with Crippen LogP contribution in [-0.2, 0) is 6.54 Å². The van der Waals surface area contributed by atoms with Crippen LogP contribution < -0.4 is 5.32 Å². The molecule has 2 aromatic carbocycles. The number of carbonyl (C=O) groups is 3. The number of imide groups is 1. The first kappa shape index (κ1) is 18.9. The quantitative estimate of drug-likeness (QED) is 0.441. The minimum Gasteiger partial charge on any atom is -0.396 e. The van der Waals surface area contributed by atoms with Crippen molar-refractivity contribution < 1.29 is 20.9 Å². The molecule has 1 aliphatic rings. The van der Waals surface area contributed by atoms with E-state index in [4.69, 9.17) is 11.6 Å². The molecule has 1 aromatic heterocycles. The van der Waals surface area contributed by atoms with Gasteiger partial charge in [0.2, 0.25) is 0 Å². The molecule has 0 bridgehead atoms. The van der Waals surface area contributed by atoms with Gasteiger partial charge in [-0.05, 0) is 40.0 Å². The summed E-state index contributed by atoms with van der Waals surface area (Å²) in [4.78, 5) is 36.9. The molecule has 1 aliphatic heterocycles. The zero-order chi connectivity index (χ0) is 20.0. The van der Waals surface area contributed by atoms with Gasteiger partial charge in [-0.25, -0.2) is 0 Å². The fourth-order valence-corrected chi connectivity index (χ4v) is 4.59. The molecular formula is C20H16BrClN2O4. The average Bonchev–Trinajstić information content (AvgIpc) is 3.13. The number of aliphatic hydroxyl groups is 1. The predicted octanol–water partition coefficient (Wildman–Crippen LogP) is 4.05. The molecule has 6 nitrogen and oxygen atoms in total. The van der Waals surface area contributed by atoms with Crippen molar-refractivity contribution in [3.8, 4) is 11.1 Å². The van der Waals surface area contributed by atoms with Gasteiger partial charge in [0.25, 0.3) is 11.8 Å². The van der Waals surface area contributed by atoms with Gasteiger partial charge < -0.3 is 9.67 Å². The van der Waals surface area contributed by atoms with Gasteiger partial charge in [-0.3, -0.25) is 19.7 Å². The van der Waals surface area contributed by atoms with E-state index in [-0.39, 0.29) is 19.2 Å². The van der Waals surface area contributed by atoms with E-state index in [0.717, 1.165) is 0 Å². The van der Waals surface area contributed by atoms with Crippen LogP contribution in [0.15, 0.2) is 34.8 Å². The fraction of sp³-hybridized carbons (Fsp3) is 0.150. The van der Waals surface area contributed by atoms with E-state index < -0.39 is 11.8 Å². The first-order valence-corrected chi connectivity index (χ1v) is 9.72. The average molecular weight is 464 g/mol. The molecule has 0 fully saturated rings. The van der Waals surface area contributed by atoms with Gasteiger partial charge in [-0.2, -0.15) is 0 Å². The maximum atomic E-state index is 12.6. The zero-order valence-electron chi connectivity index (χ0n) is 14.5. The van der Waals surface area contributed by atoms with E-state index >= 15 is 0 Å². The van der Waals surface area contributed by atoms with Gasteiger partial charge in [0.05, 0.1) is 26.8 Å². The van der Waals surface area contributed by atoms with Gasteiger partial charge in [-0.15, -0.1) is 0 Å². The molecule has 144 valence electrons. The normalized spacial score (nSPS) is 13.1. The minimum absolute atomic E-state index is 0. The van der Waals surface area contributed by atoms with Crippen molar-refractivity contribution in [3.63, 3.8) is 0 Å². The van der Waals surface area contributed by atoms with Gasteiger partial charge in [0.1, 0.15) is 0 Å². The van der Waals surface area contributed by atoms with E-state index in [9.17, 15) is 19.5 Å². The lowest BCUT2D eigenvalue weighted by molar-refractivity contribution is 0.0880. The number of hydrogen-bond acceptors (Lipinski definition) is 4. The van der Waals surface area contributed by atoms with Crippen LogP contribution in [0.2, 0.25) is 5.02 Å². The summed E-state index contributed by atoms with van der Waals surface area (Å²) in [6, 6.07) is 8.82. The van der Waals surface area contributed by atoms with Gasteiger partial charge in [0, 0.05) is 30.6 Å². The first-order chi connectivity index (χ1) is 13.5. The van der Waals surface area contributed by atoms with Crippen molar-refractivity contribution >= 4 is 56.5 Å². The van der Waals surface area contributed by atoms with Gasteiger partial charge >= 0.3 is 0 Å². The number of nitrogens with zero attached hydrogens (tertiary/aromatic N) is 1. The van der Waals surface area contributed by atoms with Crippen LogP contribution in [0.25, 0.3) is 22.0 Å². The molecule has 0 saturated carbocycles. The number of amides is 2. The molecule has 0 unspecified atom stereocenters. The van der Waals surface area contributed by atoms with Crippen LogP contribution in [0.1, 0.15) is 39.1 Å². The molecule has 0 radical (unpaired) electrons. The number of aromatic nitrogens is 1. The summed E-state index contributed by atoms with van der Waals surface area (Å²) < 4.78 is 2.18. The lowest BCUT2D eigenvalue weighted by Gasteiger charge is -2.12. The SMILES string of the molecule is O=Cc1c(Br)c2c3c(c(-c4ccccc4Cl)cc2n1CCCO)C(=O)NC3=O.[HH]. The number of benzene rings is 2. The van der Waals surface area contributed by atoms with E-state index in [1.165, 1.54) is 0 Å². The molecule has 8 heteroatoms. The second-order valence-corrected chi connectivity index (χ2v) is 7.58. The molecule has 3 aromatic rings. The number of rotatable bonds is 5. The Morgan fingerprint density at radius 3 is 2.57 bits per heavy atom. The predicted molar refractivity (Wildman–Crippen MR) is 111 cm³/mol. The third-order valence-electron chi connectivity index (χ3n) is 4.83. The molecule has 0 atom stereocenters. The summed E-state index contributed by atoms with van der Waals surface area (Å²) in [6.45, 7) is 0.333.